The number of rotatable bonds is 10. The number of benzene rings is 26. The number of fused-ring (bicyclic) bond motifs is 14. The quantitative estimate of drug-likeness (QED) is 0.0946. The number of hydrogen-bond donors (Lipinski definition) is 0. The van der Waals surface area contributed by atoms with Crippen LogP contribution in [0.3, 0.4) is 0 Å². The molecule has 26 aromatic carbocycles. The fraction of sp³-hybridized carbons (Fsp3) is 0. The molecule has 26 rings (SSSR count). The average Bonchev–Trinajstić information content (AvgIpc) is 0.725. The molecular weight excluding hydrogens is 1560 g/mol. The van der Waals surface area contributed by atoms with Crippen molar-refractivity contribution < 1.29 is 0 Å². The Morgan fingerprint density at radius 3 is 0.685 bits per heavy atom. The highest BCUT2D eigenvalue weighted by atomic mass is 14.3. The molecule has 0 bridgehead atoms. The first-order valence-corrected chi connectivity index (χ1v) is 45.1. The van der Waals surface area contributed by atoms with Gasteiger partial charge in [0.05, 0.1) is 0 Å². The van der Waals surface area contributed by atoms with Gasteiger partial charge in [0, 0.05) is 0 Å². The van der Waals surface area contributed by atoms with E-state index in [0.717, 1.165) is 0 Å². The van der Waals surface area contributed by atoms with Gasteiger partial charge in [-0.3, -0.25) is 0 Å². The molecule has 0 unspecified atom stereocenters. The smallest absolute Gasteiger partial charge is 0.00199 e. The first-order chi connectivity index (χ1) is 64.5. The molecule has 0 fully saturated rings. The molecule has 26 aromatic rings. The second kappa shape index (κ2) is 32.9. The van der Waals surface area contributed by atoms with E-state index in [9.17, 15) is 0 Å². The van der Waals surface area contributed by atoms with Gasteiger partial charge in [0.1, 0.15) is 0 Å². The minimum Gasteiger partial charge on any atom is -0.0616 e. The first kappa shape index (κ1) is 76.7. The fourth-order valence-electron chi connectivity index (χ4n) is 20.8. The standard InChI is InChI=1S/2C46H30.C38H24/c1-2-13-35-29-37(28-23-31(35)11-1)36-15-9-16-38(30-36)46-43-20-7-5-18-41(43)45(42-19-6-8-21-44(42)46)34-26-24-33(25-27-34)40-22-10-14-32-12-3-4-17-39(32)40;1-2-12-37-30-38(29-22-31(37)10-1)32-20-25-35(26-21-32)45-41-15-5-7-17-43(41)46(44-18-8-6-16-42(44)45)36-27-23-34(24-28-36)40-19-9-13-33-11-3-4-14-39(33)40;1-2-12-26-23-28(22-21-25(26)11-1)37-32-17-7-9-19-34(32)38(35-20-10-8-18-33(35)37)36-24-27-13-3-4-14-29(27)30-15-5-6-16-31(30)36/h2*1-30H;1-24H. The van der Waals surface area contributed by atoms with Crippen LogP contribution in [0, 0.1) is 0 Å². The van der Waals surface area contributed by atoms with Gasteiger partial charge in [0.25, 0.3) is 0 Å². The molecule has 0 aromatic heterocycles. The zero-order valence-corrected chi connectivity index (χ0v) is 71.5. The Morgan fingerprint density at radius 1 is 0.0769 bits per heavy atom. The van der Waals surface area contributed by atoms with E-state index < -0.39 is 0 Å². The van der Waals surface area contributed by atoms with E-state index in [1.165, 1.54) is 251 Å². The van der Waals surface area contributed by atoms with Gasteiger partial charge in [-0.15, -0.1) is 0 Å². The lowest BCUT2D eigenvalue weighted by Gasteiger charge is -2.19. The van der Waals surface area contributed by atoms with Crippen molar-refractivity contribution in [3.05, 3.63) is 510 Å². The monoisotopic (exact) mass is 1640 g/mol. The molecule has 0 heterocycles. The Kier molecular flexibility index (Phi) is 19.4. The predicted molar refractivity (Wildman–Crippen MR) is 561 cm³/mol. The summed E-state index contributed by atoms with van der Waals surface area (Å²) < 4.78 is 0. The average molecular weight is 1650 g/mol. The van der Waals surface area contributed by atoms with E-state index in [0.29, 0.717) is 0 Å². The first-order valence-electron chi connectivity index (χ1n) is 45.1. The van der Waals surface area contributed by atoms with Gasteiger partial charge in [-0.25, -0.2) is 0 Å². The zero-order valence-electron chi connectivity index (χ0n) is 71.5. The van der Waals surface area contributed by atoms with Crippen molar-refractivity contribution >= 4 is 140 Å². The largest absolute Gasteiger partial charge is 0.0616 e. The summed E-state index contributed by atoms with van der Waals surface area (Å²) in [6, 6.07) is 186. The highest BCUT2D eigenvalue weighted by Crippen LogP contribution is 2.51. The molecule has 130 heavy (non-hydrogen) atoms. The van der Waals surface area contributed by atoms with Gasteiger partial charge < -0.3 is 0 Å². The highest BCUT2D eigenvalue weighted by Gasteiger charge is 2.23. The minimum atomic E-state index is 1.23. The van der Waals surface area contributed by atoms with Gasteiger partial charge in [-0.2, -0.15) is 0 Å². The van der Waals surface area contributed by atoms with Crippen LogP contribution in [0.2, 0.25) is 0 Å². The van der Waals surface area contributed by atoms with Crippen LogP contribution in [0.15, 0.2) is 510 Å². The van der Waals surface area contributed by atoms with E-state index in [4.69, 9.17) is 0 Å². The van der Waals surface area contributed by atoms with Crippen molar-refractivity contribution in [1.82, 2.24) is 0 Å². The second-order valence-corrected chi connectivity index (χ2v) is 34.3. The summed E-state index contributed by atoms with van der Waals surface area (Å²) in [5.74, 6) is 0. The second-order valence-electron chi connectivity index (χ2n) is 34.3. The zero-order chi connectivity index (χ0) is 86.0. The Balaban J connectivity index is 0.000000109. The summed E-state index contributed by atoms with van der Waals surface area (Å²) in [7, 11) is 0. The van der Waals surface area contributed by atoms with E-state index in [1.54, 1.807) is 0 Å². The summed E-state index contributed by atoms with van der Waals surface area (Å²) in [6.45, 7) is 0. The summed E-state index contributed by atoms with van der Waals surface area (Å²) in [6.07, 6.45) is 0. The molecule has 0 nitrogen and oxygen atoms in total. The van der Waals surface area contributed by atoms with Crippen molar-refractivity contribution in [2.24, 2.45) is 0 Å². The van der Waals surface area contributed by atoms with Crippen molar-refractivity contribution in [1.29, 1.82) is 0 Å². The lowest BCUT2D eigenvalue weighted by Crippen LogP contribution is -1.92. The maximum absolute atomic E-state index is 2.39. The third kappa shape index (κ3) is 13.7. The normalized spacial score (nSPS) is 11.5. The van der Waals surface area contributed by atoms with Crippen molar-refractivity contribution in [3.8, 4) is 111 Å². The topological polar surface area (TPSA) is 0 Å². The summed E-state index contributed by atoms with van der Waals surface area (Å²) in [4.78, 5) is 0. The Morgan fingerprint density at radius 2 is 0.300 bits per heavy atom. The van der Waals surface area contributed by atoms with Gasteiger partial charge >= 0.3 is 0 Å². The minimum absolute atomic E-state index is 1.23. The molecule has 0 aliphatic heterocycles. The van der Waals surface area contributed by atoms with Crippen molar-refractivity contribution in [2.75, 3.05) is 0 Å². The predicted octanol–water partition coefficient (Wildman–Crippen LogP) is 36.7. The van der Waals surface area contributed by atoms with Gasteiger partial charge in [0.2, 0.25) is 0 Å². The van der Waals surface area contributed by atoms with E-state index in [2.05, 4.69) is 510 Å². The molecule has 0 aliphatic rings. The Bertz CT molecular complexity index is 8780. The molecule has 0 amide bonds. The summed E-state index contributed by atoms with van der Waals surface area (Å²) in [5, 5.41) is 33.2. The molecule has 0 atom stereocenters. The Labute approximate surface area is 755 Å². The van der Waals surface area contributed by atoms with E-state index >= 15 is 0 Å². The molecular formula is C130H84. The third-order valence-corrected chi connectivity index (χ3v) is 26.9. The van der Waals surface area contributed by atoms with Crippen LogP contribution in [0.1, 0.15) is 0 Å². The van der Waals surface area contributed by atoms with Gasteiger partial charge in [0.15, 0.2) is 0 Å². The lowest BCUT2D eigenvalue weighted by atomic mass is 9.83. The van der Waals surface area contributed by atoms with E-state index in [-0.39, 0.29) is 0 Å². The molecule has 0 saturated heterocycles. The lowest BCUT2D eigenvalue weighted by molar-refractivity contribution is 1.62. The maximum Gasteiger partial charge on any atom is -0.00199 e. The molecule has 0 N–H and O–H groups in total. The molecule has 0 heteroatoms. The van der Waals surface area contributed by atoms with Gasteiger partial charge in [-0.05, 0) is 282 Å². The SMILES string of the molecule is c1cc(-c2ccc3ccccc3c2)cc(-c2c3ccccc3c(-c3ccc(-c4cccc5ccccc45)cc3)c3ccccc23)c1.c1ccc2cc(-c3c4ccccc4c(-c4cc5ccccc5c5ccccc45)c4ccccc34)ccc2c1.c1ccc2cc(-c3ccc(-c4c5ccccc5c(-c5ccc(-c6cccc7ccccc67)cc5)c5ccccc45)cc3)ccc2c1. The van der Waals surface area contributed by atoms with Crippen LogP contribution in [-0.4, -0.2) is 0 Å². The summed E-state index contributed by atoms with van der Waals surface area (Å²) in [5.41, 5.74) is 25.1. The van der Waals surface area contributed by atoms with Crippen LogP contribution < -0.4 is 0 Å². The van der Waals surface area contributed by atoms with Crippen LogP contribution >= 0.6 is 0 Å². The third-order valence-electron chi connectivity index (χ3n) is 26.9. The summed E-state index contributed by atoms with van der Waals surface area (Å²) >= 11 is 0. The van der Waals surface area contributed by atoms with Crippen LogP contribution in [-0.2, 0) is 0 Å². The molecule has 604 valence electrons. The molecule has 0 radical (unpaired) electrons. The van der Waals surface area contributed by atoms with Gasteiger partial charge in [-0.1, -0.05) is 479 Å². The van der Waals surface area contributed by atoms with Crippen molar-refractivity contribution in [2.45, 2.75) is 0 Å². The van der Waals surface area contributed by atoms with E-state index in [1.807, 2.05) is 0 Å². The maximum atomic E-state index is 2.39. The Hall–Kier alpha value is -16.9. The molecule has 0 saturated carbocycles. The highest BCUT2D eigenvalue weighted by molar-refractivity contribution is 6.28. The fourth-order valence-corrected chi connectivity index (χ4v) is 20.8. The number of hydrogen-bond acceptors (Lipinski definition) is 0. The van der Waals surface area contributed by atoms with Crippen LogP contribution in [0.25, 0.3) is 251 Å². The van der Waals surface area contributed by atoms with Crippen LogP contribution in [0.4, 0.5) is 0 Å². The molecule has 0 aliphatic carbocycles. The van der Waals surface area contributed by atoms with Crippen LogP contribution in [0.5, 0.6) is 0 Å². The molecule has 0 spiro atoms. The van der Waals surface area contributed by atoms with Crippen molar-refractivity contribution in [3.63, 3.8) is 0 Å².